The van der Waals surface area contributed by atoms with E-state index >= 15 is 0 Å². The first-order chi connectivity index (χ1) is 15.1. The molecule has 0 radical (unpaired) electrons. The molecule has 0 spiro atoms. The van der Waals surface area contributed by atoms with E-state index in [0.717, 1.165) is 12.8 Å². The average molecular weight is 426 g/mol. The van der Waals surface area contributed by atoms with Crippen molar-refractivity contribution in [2.24, 2.45) is 5.92 Å². The Hall–Kier alpha value is -2.93. The molecular formula is C24H27FN2O4. The fourth-order valence-corrected chi connectivity index (χ4v) is 4.05. The number of morpholine rings is 1. The van der Waals surface area contributed by atoms with Gasteiger partial charge < -0.3 is 19.3 Å². The van der Waals surface area contributed by atoms with Crippen LogP contribution in [0.3, 0.4) is 0 Å². The van der Waals surface area contributed by atoms with Crippen molar-refractivity contribution in [2.75, 3.05) is 46.0 Å². The molecule has 4 rings (SSSR count). The maximum Gasteiger partial charge on any atom is 0.254 e. The molecule has 7 heteroatoms. The zero-order valence-electron chi connectivity index (χ0n) is 17.5. The summed E-state index contributed by atoms with van der Waals surface area (Å²) >= 11 is 0. The van der Waals surface area contributed by atoms with Crippen LogP contribution in [0.5, 0.6) is 5.75 Å². The fourth-order valence-electron chi connectivity index (χ4n) is 4.05. The van der Waals surface area contributed by atoms with E-state index < -0.39 is 5.82 Å². The highest BCUT2D eigenvalue weighted by atomic mass is 19.1. The predicted molar refractivity (Wildman–Crippen MR) is 114 cm³/mol. The molecule has 0 N–H and O–H groups in total. The molecule has 0 aliphatic carbocycles. The summed E-state index contributed by atoms with van der Waals surface area (Å²) in [5.74, 6) is 0.370. The molecule has 1 atom stereocenters. The van der Waals surface area contributed by atoms with Crippen LogP contribution >= 0.6 is 0 Å². The highest BCUT2D eigenvalue weighted by Gasteiger charge is 2.25. The van der Waals surface area contributed by atoms with Crippen LogP contribution in [-0.4, -0.2) is 67.6 Å². The van der Waals surface area contributed by atoms with Crippen LogP contribution in [0.4, 0.5) is 4.39 Å². The Kier molecular flexibility index (Phi) is 6.82. The van der Waals surface area contributed by atoms with Crippen LogP contribution in [0.2, 0.25) is 0 Å². The Bertz CT molecular complexity index is 912. The van der Waals surface area contributed by atoms with Crippen LogP contribution in [0.1, 0.15) is 33.6 Å². The Morgan fingerprint density at radius 1 is 0.968 bits per heavy atom. The van der Waals surface area contributed by atoms with E-state index in [1.54, 1.807) is 34.1 Å². The van der Waals surface area contributed by atoms with Gasteiger partial charge in [0.25, 0.3) is 11.8 Å². The Labute approximate surface area is 181 Å². The summed E-state index contributed by atoms with van der Waals surface area (Å²) in [6, 6.07) is 13.0. The van der Waals surface area contributed by atoms with Gasteiger partial charge in [0.05, 0.1) is 19.8 Å². The first kappa shape index (κ1) is 21.3. The van der Waals surface area contributed by atoms with Crippen molar-refractivity contribution in [1.29, 1.82) is 0 Å². The van der Waals surface area contributed by atoms with Gasteiger partial charge in [-0.25, -0.2) is 4.39 Å². The molecule has 0 saturated carbocycles. The van der Waals surface area contributed by atoms with Gasteiger partial charge in [0.2, 0.25) is 0 Å². The average Bonchev–Trinajstić information content (AvgIpc) is 2.83. The molecule has 31 heavy (non-hydrogen) atoms. The molecule has 2 heterocycles. The molecule has 2 amide bonds. The summed E-state index contributed by atoms with van der Waals surface area (Å²) in [6.07, 6.45) is 1.86. The largest absolute Gasteiger partial charge is 0.493 e. The molecule has 2 aliphatic heterocycles. The van der Waals surface area contributed by atoms with Gasteiger partial charge in [-0.1, -0.05) is 6.07 Å². The van der Waals surface area contributed by atoms with Crippen LogP contribution in [0.25, 0.3) is 0 Å². The van der Waals surface area contributed by atoms with Crippen molar-refractivity contribution in [2.45, 2.75) is 12.8 Å². The first-order valence-electron chi connectivity index (χ1n) is 10.7. The van der Waals surface area contributed by atoms with Gasteiger partial charge in [-0.2, -0.15) is 0 Å². The third-order valence-electron chi connectivity index (χ3n) is 5.76. The van der Waals surface area contributed by atoms with E-state index in [1.807, 2.05) is 12.1 Å². The summed E-state index contributed by atoms with van der Waals surface area (Å²) in [7, 11) is 0. The zero-order valence-corrected chi connectivity index (χ0v) is 17.5. The Balaban J connectivity index is 1.29. The van der Waals surface area contributed by atoms with E-state index in [4.69, 9.17) is 9.47 Å². The van der Waals surface area contributed by atoms with Crippen LogP contribution < -0.4 is 4.74 Å². The Morgan fingerprint density at radius 3 is 2.45 bits per heavy atom. The summed E-state index contributed by atoms with van der Waals surface area (Å²) in [4.78, 5) is 28.8. The van der Waals surface area contributed by atoms with E-state index in [9.17, 15) is 14.0 Å². The highest BCUT2D eigenvalue weighted by molar-refractivity contribution is 5.94. The van der Waals surface area contributed by atoms with Crippen molar-refractivity contribution >= 4 is 11.8 Å². The summed E-state index contributed by atoms with van der Waals surface area (Å²) in [5.41, 5.74) is 1.01. The molecular weight excluding hydrogens is 399 g/mol. The number of nitrogens with zero attached hydrogens (tertiary/aromatic N) is 2. The van der Waals surface area contributed by atoms with Crippen LogP contribution in [0.15, 0.2) is 48.5 Å². The molecule has 0 aromatic heterocycles. The standard InChI is InChI=1S/C24H27FN2O4/c25-21-5-1-4-20(15-21)24(29)27-10-2-3-18(16-27)17-31-22-8-6-19(7-9-22)23(28)26-11-13-30-14-12-26/h1,4-9,15,18H,2-3,10-14,16-17H2/t18-/m0/s1. The minimum absolute atomic E-state index is 0.00799. The topological polar surface area (TPSA) is 59.1 Å². The lowest BCUT2D eigenvalue weighted by Gasteiger charge is -2.32. The molecule has 0 bridgehead atoms. The predicted octanol–water partition coefficient (Wildman–Crippen LogP) is 3.23. The fraction of sp³-hybridized carbons (Fsp3) is 0.417. The number of piperidine rings is 1. The minimum Gasteiger partial charge on any atom is -0.493 e. The number of rotatable bonds is 5. The second kappa shape index (κ2) is 9.92. The number of halogens is 1. The lowest BCUT2D eigenvalue weighted by molar-refractivity contribution is 0.0303. The third kappa shape index (κ3) is 5.41. The van der Waals surface area contributed by atoms with Gasteiger partial charge in [-0.05, 0) is 55.3 Å². The number of amides is 2. The summed E-state index contributed by atoms with van der Waals surface area (Å²) < 4.78 is 24.7. The molecule has 2 aromatic carbocycles. The monoisotopic (exact) mass is 426 g/mol. The molecule has 2 aromatic rings. The number of likely N-dealkylation sites (tertiary alicyclic amines) is 1. The maximum absolute atomic E-state index is 13.4. The zero-order chi connectivity index (χ0) is 21.6. The summed E-state index contributed by atoms with van der Waals surface area (Å²) in [6.45, 7) is 4.13. The smallest absolute Gasteiger partial charge is 0.254 e. The SMILES string of the molecule is O=C(c1ccc(OC[C@H]2CCCN(C(=O)c3cccc(F)c3)C2)cc1)N1CCOCC1. The van der Waals surface area contributed by atoms with Crippen molar-refractivity contribution in [3.8, 4) is 5.75 Å². The van der Waals surface area contributed by atoms with Crippen LogP contribution in [0, 0.1) is 11.7 Å². The Morgan fingerprint density at radius 2 is 1.71 bits per heavy atom. The van der Waals surface area contributed by atoms with Crippen LogP contribution in [-0.2, 0) is 4.74 Å². The number of hydrogen-bond acceptors (Lipinski definition) is 4. The number of carbonyl (C=O) groups is 2. The second-order valence-corrected chi connectivity index (χ2v) is 8.01. The molecule has 2 aliphatic rings. The van der Waals surface area contributed by atoms with E-state index in [0.29, 0.717) is 62.9 Å². The van der Waals surface area contributed by atoms with Gasteiger partial charge in [-0.15, -0.1) is 0 Å². The number of benzene rings is 2. The lowest BCUT2D eigenvalue weighted by Crippen LogP contribution is -2.41. The molecule has 2 saturated heterocycles. The number of ether oxygens (including phenoxy) is 2. The van der Waals surface area contributed by atoms with Gasteiger partial charge in [0.15, 0.2) is 0 Å². The third-order valence-corrected chi connectivity index (χ3v) is 5.76. The minimum atomic E-state index is -0.404. The van der Waals surface area contributed by atoms with Crippen molar-refractivity contribution < 1.29 is 23.5 Å². The van der Waals surface area contributed by atoms with Gasteiger partial charge in [0, 0.05) is 43.2 Å². The van der Waals surface area contributed by atoms with Crippen molar-refractivity contribution in [3.63, 3.8) is 0 Å². The van der Waals surface area contributed by atoms with Gasteiger partial charge in [-0.3, -0.25) is 9.59 Å². The van der Waals surface area contributed by atoms with E-state index in [-0.39, 0.29) is 17.7 Å². The quantitative estimate of drug-likeness (QED) is 0.737. The first-order valence-corrected chi connectivity index (χ1v) is 10.7. The molecule has 6 nitrogen and oxygen atoms in total. The number of carbonyl (C=O) groups excluding carboxylic acids is 2. The summed E-state index contributed by atoms with van der Waals surface area (Å²) in [5, 5.41) is 0. The molecule has 2 fully saturated rings. The van der Waals surface area contributed by atoms with E-state index in [2.05, 4.69) is 0 Å². The lowest BCUT2D eigenvalue weighted by atomic mass is 9.98. The molecule has 164 valence electrons. The maximum atomic E-state index is 13.4. The van der Waals surface area contributed by atoms with Gasteiger partial charge >= 0.3 is 0 Å². The highest BCUT2D eigenvalue weighted by Crippen LogP contribution is 2.21. The van der Waals surface area contributed by atoms with E-state index in [1.165, 1.54) is 12.1 Å². The normalized spacial score (nSPS) is 19.2. The molecule has 0 unspecified atom stereocenters. The van der Waals surface area contributed by atoms with Crippen molar-refractivity contribution in [1.82, 2.24) is 9.80 Å². The van der Waals surface area contributed by atoms with Crippen molar-refractivity contribution in [3.05, 3.63) is 65.5 Å². The number of hydrogen-bond donors (Lipinski definition) is 0. The second-order valence-electron chi connectivity index (χ2n) is 8.01. The van der Waals surface area contributed by atoms with Gasteiger partial charge in [0.1, 0.15) is 11.6 Å².